The Balaban J connectivity index is 1.43. The molecule has 184 valence electrons. The lowest BCUT2D eigenvalue weighted by Gasteiger charge is -2.55. The monoisotopic (exact) mass is 501 g/mol. The molecule has 0 radical (unpaired) electrons. The molecule has 8 nitrogen and oxygen atoms in total. The Bertz CT molecular complexity index is 1410. The van der Waals surface area contributed by atoms with Crippen molar-refractivity contribution in [2.75, 3.05) is 19.1 Å². The molecule has 0 amide bonds. The molecule has 0 bridgehead atoms. The third-order valence-electron chi connectivity index (χ3n) is 8.18. The molecular weight excluding hydrogens is 476 g/mol. The van der Waals surface area contributed by atoms with Gasteiger partial charge in [0.05, 0.1) is 5.56 Å². The van der Waals surface area contributed by atoms with Gasteiger partial charge in [-0.05, 0) is 43.9 Å². The van der Waals surface area contributed by atoms with Gasteiger partial charge in [0.15, 0.2) is 17.0 Å². The van der Waals surface area contributed by atoms with Crippen LogP contribution >= 0.6 is 11.3 Å². The molecule has 1 aromatic carbocycles. The number of pyridine rings is 1. The zero-order chi connectivity index (χ0) is 24.8. The number of hydrogen-bond acceptors (Lipinski definition) is 8. The quantitative estimate of drug-likeness (QED) is 0.570. The van der Waals surface area contributed by atoms with E-state index < -0.39 is 40.6 Å². The Morgan fingerprint density at radius 1 is 1.26 bits per heavy atom. The third kappa shape index (κ3) is 3.04. The SMILES string of the molecule is CC(c1nnc(-c2cn3c(c(O)c2=O)C(O)N(C)C2(CCC4C[C@@H]42)N3C)s1)c1ccc(F)cc1F. The summed E-state index contributed by atoms with van der Waals surface area (Å²) in [6, 6.07) is 3.38. The van der Waals surface area contributed by atoms with Crippen molar-refractivity contribution in [2.24, 2.45) is 11.8 Å². The summed E-state index contributed by atoms with van der Waals surface area (Å²) >= 11 is 1.11. The Morgan fingerprint density at radius 3 is 2.69 bits per heavy atom. The summed E-state index contributed by atoms with van der Waals surface area (Å²) in [5.41, 5.74) is -0.536. The van der Waals surface area contributed by atoms with Crippen molar-refractivity contribution < 1.29 is 19.0 Å². The van der Waals surface area contributed by atoms with Crippen molar-refractivity contribution in [3.05, 3.63) is 62.5 Å². The summed E-state index contributed by atoms with van der Waals surface area (Å²) in [6.07, 6.45) is 3.49. The Kier molecular flexibility index (Phi) is 4.87. The van der Waals surface area contributed by atoms with Gasteiger partial charge in [-0.2, -0.15) is 0 Å². The molecule has 1 spiro atoms. The van der Waals surface area contributed by atoms with Gasteiger partial charge in [-0.3, -0.25) is 19.4 Å². The molecule has 11 heteroatoms. The minimum absolute atomic E-state index is 0.116. The Morgan fingerprint density at radius 2 is 2.03 bits per heavy atom. The van der Waals surface area contributed by atoms with Gasteiger partial charge in [0.2, 0.25) is 5.43 Å². The highest BCUT2D eigenvalue weighted by molar-refractivity contribution is 7.14. The molecule has 2 aliphatic carbocycles. The van der Waals surface area contributed by atoms with Gasteiger partial charge >= 0.3 is 0 Å². The highest BCUT2D eigenvalue weighted by Gasteiger charge is 2.65. The molecule has 4 unspecified atom stereocenters. The average molecular weight is 502 g/mol. The predicted octanol–water partition coefficient (Wildman–Crippen LogP) is 3.13. The van der Waals surface area contributed by atoms with E-state index in [-0.39, 0.29) is 21.8 Å². The first-order valence-corrected chi connectivity index (χ1v) is 12.4. The molecule has 6 rings (SSSR count). The van der Waals surface area contributed by atoms with Crippen LogP contribution in [0, 0.1) is 23.5 Å². The summed E-state index contributed by atoms with van der Waals surface area (Å²) < 4.78 is 29.3. The number of benzene rings is 1. The number of rotatable bonds is 3. The highest BCUT2D eigenvalue weighted by atomic mass is 32.1. The molecule has 2 fully saturated rings. The van der Waals surface area contributed by atoms with E-state index in [1.54, 1.807) is 17.8 Å². The van der Waals surface area contributed by atoms with Gasteiger partial charge in [0.25, 0.3) is 0 Å². The van der Waals surface area contributed by atoms with Crippen LogP contribution in [-0.4, -0.2) is 49.7 Å². The first kappa shape index (κ1) is 22.6. The number of aromatic hydroxyl groups is 1. The maximum atomic E-state index is 14.3. The van der Waals surface area contributed by atoms with Crippen molar-refractivity contribution in [1.29, 1.82) is 0 Å². The van der Waals surface area contributed by atoms with Crippen molar-refractivity contribution >= 4 is 11.3 Å². The molecule has 3 heterocycles. The van der Waals surface area contributed by atoms with Crippen LogP contribution in [0.4, 0.5) is 8.78 Å². The lowest BCUT2D eigenvalue weighted by molar-refractivity contribution is -0.0946. The van der Waals surface area contributed by atoms with Crippen molar-refractivity contribution in [1.82, 2.24) is 19.8 Å². The summed E-state index contributed by atoms with van der Waals surface area (Å²) in [5, 5.41) is 33.0. The second kappa shape index (κ2) is 7.55. The molecule has 3 aliphatic rings. The van der Waals surface area contributed by atoms with E-state index in [0.717, 1.165) is 36.7 Å². The number of aliphatic hydroxyl groups is 1. The van der Waals surface area contributed by atoms with Gasteiger partial charge in [0, 0.05) is 31.1 Å². The summed E-state index contributed by atoms with van der Waals surface area (Å²) in [7, 11) is 3.74. The van der Waals surface area contributed by atoms with Gasteiger partial charge in [-0.15, -0.1) is 10.2 Å². The average Bonchev–Trinajstić information content (AvgIpc) is 3.28. The number of fused-ring (bicyclic) bond motifs is 3. The fourth-order valence-electron chi connectivity index (χ4n) is 6.11. The van der Waals surface area contributed by atoms with E-state index in [2.05, 4.69) is 10.2 Å². The molecule has 3 aromatic rings. The third-order valence-corrected chi connectivity index (χ3v) is 9.32. The van der Waals surface area contributed by atoms with Crippen LogP contribution in [-0.2, 0) is 0 Å². The van der Waals surface area contributed by atoms with Gasteiger partial charge in [-0.1, -0.05) is 24.3 Å². The molecule has 2 aromatic heterocycles. The molecule has 1 aliphatic heterocycles. The number of hydrogen-bond donors (Lipinski definition) is 2. The van der Waals surface area contributed by atoms with Gasteiger partial charge in [0.1, 0.15) is 28.0 Å². The van der Waals surface area contributed by atoms with E-state index in [0.29, 0.717) is 16.8 Å². The largest absolute Gasteiger partial charge is 0.503 e. The van der Waals surface area contributed by atoms with Crippen LogP contribution in [0.3, 0.4) is 0 Å². The summed E-state index contributed by atoms with van der Waals surface area (Å²) in [4.78, 5) is 15.0. The first-order chi connectivity index (χ1) is 16.6. The molecule has 2 N–H and O–H groups in total. The second-order valence-corrected chi connectivity index (χ2v) is 10.8. The minimum Gasteiger partial charge on any atom is -0.503 e. The number of halogens is 2. The van der Waals surface area contributed by atoms with E-state index in [1.165, 1.54) is 12.1 Å². The standard InChI is InChI=1S/C24H25F2N5O3S/c1-11(14-5-4-13(25)9-17(14)26)21-27-28-22(35-21)15-10-31-18(20(33)19(15)32)23(34)29(2)24(30(31)3)7-6-12-8-16(12)24/h4-5,9-12,16,23,33-34H,6-8H2,1-3H3/t11?,12?,16-,23?,24?/m0/s1. The van der Waals surface area contributed by atoms with Crippen LogP contribution in [0.25, 0.3) is 10.6 Å². The Labute approximate surface area is 204 Å². The van der Waals surface area contributed by atoms with Crippen LogP contribution in [0.2, 0.25) is 0 Å². The zero-order valence-corrected chi connectivity index (χ0v) is 20.3. The van der Waals surface area contributed by atoms with Crippen molar-refractivity contribution in [2.45, 2.75) is 44.0 Å². The summed E-state index contributed by atoms with van der Waals surface area (Å²) in [5.74, 6) is -1.36. The first-order valence-electron chi connectivity index (χ1n) is 11.6. The van der Waals surface area contributed by atoms with Crippen LogP contribution in [0.15, 0.2) is 29.2 Å². The number of nitrogens with zero attached hydrogens (tertiary/aromatic N) is 5. The van der Waals surface area contributed by atoms with Crippen molar-refractivity contribution in [3.8, 4) is 16.3 Å². The van der Waals surface area contributed by atoms with Gasteiger partial charge < -0.3 is 10.2 Å². The van der Waals surface area contributed by atoms with Gasteiger partial charge in [-0.25, -0.2) is 8.78 Å². The molecule has 5 atom stereocenters. The van der Waals surface area contributed by atoms with E-state index in [9.17, 15) is 23.8 Å². The highest BCUT2D eigenvalue weighted by Crippen LogP contribution is 2.62. The lowest BCUT2D eigenvalue weighted by atomic mass is 9.98. The van der Waals surface area contributed by atoms with Crippen LogP contribution in [0.1, 0.15) is 54.6 Å². The summed E-state index contributed by atoms with van der Waals surface area (Å²) in [6.45, 7) is 1.73. The molecule has 2 saturated carbocycles. The maximum Gasteiger partial charge on any atom is 0.234 e. The fourth-order valence-corrected chi connectivity index (χ4v) is 7.03. The topological polar surface area (TPSA) is 94.7 Å². The van der Waals surface area contributed by atoms with Crippen LogP contribution < -0.4 is 10.4 Å². The Hall–Kier alpha value is -2.89. The number of aromatic nitrogens is 3. The van der Waals surface area contributed by atoms with E-state index >= 15 is 0 Å². The normalized spacial score (nSPS) is 28.3. The second-order valence-electron chi connectivity index (χ2n) is 9.81. The minimum atomic E-state index is -1.14. The fraction of sp³-hybridized carbons (Fsp3) is 0.458. The molecule has 0 saturated heterocycles. The maximum absolute atomic E-state index is 14.3. The zero-order valence-electron chi connectivity index (χ0n) is 19.4. The van der Waals surface area contributed by atoms with Crippen LogP contribution in [0.5, 0.6) is 5.75 Å². The van der Waals surface area contributed by atoms with E-state index in [4.69, 9.17) is 0 Å². The molecule has 35 heavy (non-hydrogen) atoms. The van der Waals surface area contributed by atoms with Crippen molar-refractivity contribution in [3.63, 3.8) is 0 Å². The predicted molar refractivity (Wildman–Crippen MR) is 126 cm³/mol. The molecular formula is C24H25F2N5O3S. The smallest absolute Gasteiger partial charge is 0.234 e. The van der Waals surface area contributed by atoms with E-state index in [1.807, 2.05) is 24.0 Å². The number of aliphatic hydroxyl groups excluding tert-OH is 1. The lowest BCUT2D eigenvalue weighted by Crippen LogP contribution is -2.67.